The maximum Gasteiger partial charge on any atom is 1.00 e. The molecule has 0 aliphatic heterocycles. The van der Waals surface area contributed by atoms with E-state index in [1.54, 1.807) is 4.90 Å². The Bertz CT molecular complexity index is 454. The van der Waals surface area contributed by atoms with Crippen molar-refractivity contribution in [1.82, 2.24) is 4.90 Å². The van der Waals surface area contributed by atoms with Gasteiger partial charge in [-0.3, -0.25) is 4.90 Å². The minimum Gasteiger partial charge on any atom is -0.748 e. The molecule has 0 saturated carbocycles. The van der Waals surface area contributed by atoms with E-state index in [1.807, 2.05) is 27.7 Å². The monoisotopic (exact) mass is 593 g/mol. The van der Waals surface area contributed by atoms with Crippen molar-refractivity contribution in [2.45, 2.75) is 65.6 Å². The van der Waals surface area contributed by atoms with Gasteiger partial charge in [-0.15, -0.1) is 65.8 Å². The van der Waals surface area contributed by atoms with Gasteiger partial charge in [-0.25, -0.2) is 8.42 Å². The molecule has 0 aromatic carbocycles. The Morgan fingerprint density at radius 3 is 1.26 bits per heavy atom. The fraction of sp³-hybridized carbons (Fsp3) is 0.643. The summed E-state index contributed by atoms with van der Waals surface area (Å²) in [6.45, 7) is 39.6. The summed E-state index contributed by atoms with van der Waals surface area (Å²) in [7, 11) is -4.36. The predicted molar refractivity (Wildman–Crippen MR) is 162 cm³/mol. The van der Waals surface area contributed by atoms with Gasteiger partial charge in [-0.2, -0.15) is 0 Å². The van der Waals surface area contributed by atoms with Crippen molar-refractivity contribution in [2.75, 3.05) is 51.8 Å². The molecule has 0 aliphatic rings. The molecule has 0 bridgehead atoms. The summed E-state index contributed by atoms with van der Waals surface area (Å²) in [6.07, 6.45) is 2.15. The van der Waals surface area contributed by atoms with E-state index in [0.717, 1.165) is 25.7 Å². The second-order valence-electron chi connectivity index (χ2n) is 6.19. The molecule has 0 amide bonds. The number of nitrogens with zero attached hydrogens (tertiary/aromatic N) is 1. The average Bonchev–Trinajstić information content (AvgIpc) is 2.94. The molecule has 8 nitrogen and oxygen atoms in total. The maximum absolute atomic E-state index is 10.8. The molecule has 2 unspecified atom stereocenters. The Kier molecular flexibility index (Phi) is 86.8. The molecule has 0 saturated heterocycles. The van der Waals surface area contributed by atoms with Crippen LogP contribution in [-0.4, -0.2) is 92.1 Å². The minimum absolute atomic E-state index is 0. The maximum atomic E-state index is 10.8. The molecule has 2 atom stereocenters. The molecule has 2 N–H and O–H groups in total. The Balaban J connectivity index is -0.000000101. The van der Waals surface area contributed by atoms with E-state index in [-0.39, 0.29) is 84.2 Å². The number of rotatable bonds is 17. The van der Waals surface area contributed by atoms with Crippen LogP contribution in [0.5, 0.6) is 0 Å². The fourth-order valence-electron chi connectivity index (χ4n) is 2.13. The molecule has 0 heterocycles. The van der Waals surface area contributed by atoms with Crippen LogP contribution < -0.4 is 51.4 Å². The number of unbranched alkanes of at least 4 members (excludes halogenated alkanes) is 2. The van der Waals surface area contributed by atoms with Crippen LogP contribution in [0.2, 0.25) is 0 Å². The van der Waals surface area contributed by atoms with Crippen LogP contribution in [0, 0.1) is 0 Å². The average molecular weight is 594 g/mol. The van der Waals surface area contributed by atoms with Crippen molar-refractivity contribution in [3.8, 4) is 0 Å². The normalized spacial score (nSPS) is 10.4. The van der Waals surface area contributed by atoms with Crippen LogP contribution in [0.4, 0.5) is 0 Å². The second-order valence-corrected chi connectivity index (χ2v) is 7.71. The molecule has 0 fully saturated rings. The first-order valence-corrected chi connectivity index (χ1v) is 14.0. The first kappa shape index (κ1) is 57.8. The zero-order chi connectivity index (χ0) is 31.1. The summed E-state index contributed by atoms with van der Waals surface area (Å²) in [6, 6.07) is 0. The number of aliphatic hydroxyl groups is 2. The van der Waals surface area contributed by atoms with Gasteiger partial charge in [0.1, 0.15) is 0 Å². The van der Waals surface area contributed by atoms with Gasteiger partial charge < -0.3 is 24.2 Å². The molecular weight excluding hydrogens is 533 g/mol. The van der Waals surface area contributed by atoms with E-state index in [4.69, 9.17) is 9.47 Å². The molecule has 38 heavy (non-hydrogen) atoms. The number of aliphatic hydroxyl groups excluding tert-OH is 2. The van der Waals surface area contributed by atoms with Crippen molar-refractivity contribution in [3.63, 3.8) is 0 Å². The van der Waals surface area contributed by atoms with Gasteiger partial charge in [0.25, 0.3) is 0 Å². The number of hydrogen-bond donors (Lipinski definition) is 2. The van der Waals surface area contributed by atoms with Gasteiger partial charge in [0, 0.05) is 32.8 Å². The van der Waals surface area contributed by atoms with Crippen LogP contribution in [-0.2, 0) is 19.6 Å². The predicted octanol–water partition coefficient (Wildman–Crippen LogP) is 2.23. The third-order valence-electron chi connectivity index (χ3n) is 3.50. The van der Waals surface area contributed by atoms with Crippen molar-refractivity contribution in [1.29, 1.82) is 0 Å². The Hall–Kier alpha value is 0.0464. The van der Waals surface area contributed by atoms with Crippen molar-refractivity contribution < 1.29 is 84.0 Å². The van der Waals surface area contributed by atoms with E-state index in [1.165, 1.54) is 0 Å². The molecule has 10 heteroatoms. The van der Waals surface area contributed by atoms with Crippen molar-refractivity contribution >= 4 is 10.1 Å². The van der Waals surface area contributed by atoms with E-state index >= 15 is 0 Å². The Morgan fingerprint density at radius 2 is 1.03 bits per heavy atom. The summed E-state index contributed by atoms with van der Waals surface area (Å²) < 4.78 is 43.2. The smallest absolute Gasteiger partial charge is 0.748 e. The standard InChI is InChI=1S/C16H35NO7S.C2H6.5C2H4.K/c1-3-5-8-23-13-15(18)11-17(7-10-25(20,21)22)12-16(19)14-24-9-6-4-2;6*1-2;/h15-16,18-19H,3-14H2,1-2H3,(H,20,21,22);1-2H3;5*1-2H2;/q;;;;;;;+1/p-1. The van der Waals surface area contributed by atoms with Crippen LogP contribution in [0.25, 0.3) is 0 Å². The molecule has 0 aromatic rings. The minimum atomic E-state index is -4.36. The van der Waals surface area contributed by atoms with Gasteiger partial charge in [-0.05, 0) is 12.8 Å². The first-order valence-electron chi connectivity index (χ1n) is 12.5. The van der Waals surface area contributed by atoms with Crippen molar-refractivity contribution in [2.24, 2.45) is 0 Å². The van der Waals surface area contributed by atoms with Crippen LogP contribution in [0.3, 0.4) is 0 Å². The topological polar surface area (TPSA) is 119 Å². The van der Waals surface area contributed by atoms with Gasteiger partial charge in [-0.1, -0.05) is 40.5 Å². The third kappa shape index (κ3) is 65.3. The fourth-order valence-corrected chi connectivity index (χ4v) is 2.61. The molecule has 226 valence electrons. The van der Waals surface area contributed by atoms with Crippen molar-refractivity contribution in [3.05, 3.63) is 65.8 Å². The van der Waals surface area contributed by atoms with Gasteiger partial charge in [0.2, 0.25) is 0 Å². The van der Waals surface area contributed by atoms with Gasteiger partial charge >= 0.3 is 51.4 Å². The quantitative estimate of drug-likeness (QED) is 0.114. The summed E-state index contributed by atoms with van der Waals surface area (Å²) in [4.78, 5) is 1.55. The first-order chi connectivity index (χ1) is 17.8. The molecule has 0 rings (SSSR count). The summed E-state index contributed by atoms with van der Waals surface area (Å²) in [5, 5.41) is 20.0. The van der Waals surface area contributed by atoms with E-state index in [0.29, 0.717) is 13.2 Å². The third-order valence-corrected chi connectivity index (χ3v) is 4.18. The van der Waals surface area contributed by atoms with E-state index in [2.05, 4.69) is 65.8 Å². The Labute approximate surface area is 279 Å². The molecule has 0 aliphatic carbocycles. The number of hydrogen-bond acceptors (Lipinski definition) is 8. The van der Waals surface area contributed by atoms with E-state index in [9.17, 15) is 23.2 Å². The largest absolute Gasteiger partial charge is 1.00 e. The summed E-state index contributed by atoms with van der Waals surface area (Å²) >= 11 is 0. The second kappa shape index (κ2) is 57.1. The van der Waals surface area contributed by atoms with Crippen LogP contribution >= 0.6 is 0 Å². The zero-order valence-corrected chi connectivity index (χ0v) is 29.4. The SMILES string of the molecule is C=C.C=C.C=C.C=C.C=C.CC.CCCCOCC(O)CN(CCS(=O)(=O)[O-])CC(O)COCCCC.[K+]. The summed E-state index contributed by atoms with van der Waals surface area (Å²) in [5.74, 6) is -0.570. The Morgan fingerprint density at radius 1 is 0.737 bits per heavy atom. The molecule has 0 aromatic heterocycles. The molecule has 0 radical (unpaired) electrons. The molecule has 0 spiro atoms. The zero-order valence-electron chi connectivity index (χ0n) is 25.5. The number of ether oxygens (including phenoxy) is 2. The van der Waals surface area contributed by atoms with Gasteiger partial charge in [0.05, 0.1) is 41.3 Å². The van der Waals surface area contributed by atoms with Gasteiger partial charge in [0.15, 0.2) is 0 Å². The summed E-state index contributed by atoms with van der Waals surface area (Å²) in [5.41, 5.74) is 0. The van der Waals surface area contributed by atoms with Crippen LogP contribution in [0.1, 0.15) is 53.4 Å². The van der Waals surface area contributed by atoms with Crippen LogP contribution in [0.15, 0.2) is 65.8 Å². The van der Waals surface area contributed by atoms with E-state index < -0.39 is 28.1 Å². The molecular formula is C28H60KNO7S.